The predicted molar refractivity (Wildman–Crippen MR) is 106 cm³/mol. The number of methoxy groups -OCH3 is 2. The number of benzene rings is 1. The van der Waals surface area contributed by atoms with Crippen LogP contribution in [0.25, 0.3) is 0 Å². The molecular formula is C21H27N3O4. The minimum Gasteiger partial charge on any atom is -0.493 e. The van der Waals surface area contributed by atoms with Crippen molar-refractivity contribution < 1.29 is 14.3 Å². The molecular weight excluding hydrogens is 358 g/mol. The number of amides is 1. The fourth-order valence-electron chi connectivity index (χ4n) is 3.98. The minimum atomic E-state index is -0.563. The van der Waals surface area contributed by atoms with Crippen LogP contribution < -0.4 is 20.3 Å². The summed E-state index contributed by atoms with van der Waals surface area (Å²) >= 11 is 0. The number of aromatic nitrogens is 2. The van der Waals surface area contributed by atoms with Gasteiger partial charge in [0, 0.05) is 24.7 Å². The van der Waals surface area contributed by atoms with Gasteiger partial charge in [0.25, 0.3) is 5.56 Å². The van der Waals surface area contributed by atoms with E-state index >= 15 is 0 Å². The molecule has 1 amide bonds. The maximum absolute atomic E-state index is 13.2. The van der Waals surface area contributed by atoms with Crippen molar-refractivity contribution in [1.82, 2.24) is 15.3 Å². The molecule has 1 aliphatic rings. The Balaban J connectivity index is 1.76. The van der Waals surface area contributed by atoms with E-state index in [-0.39, 0.29) is 11.5 Å². The van der Waals surface area contributed by atoms with Crippen LogP contribution in [0.5, 0.6) is 11.5 Å². The fraction of sp³-hybridized carbons (Fsp3) is 0.476. The van der Waals surface area contributed by atoms with Gasteiger partial charge in [-0.2, -0.15) is 0 Å². The summed E-state index contributed by atoms with van der Waals surface area (Å²) < 4.78 is 10.7. The van der Waals surface area contributed by atoms with Gasteiger partial charge in [-0.15, -0.1) is 0 Å². The second-order valence-electron chi connectivity index (χ2n) is 7.20. The number of aryl methyl sites for hydroxylation is 1. The second kappa shape index (κ2) is 8.46. The number of carbonyl (C=O) groups is 1. The van der Waals surface area contributed by atoms with Crippen molar-refractivity contribution in [3.8, 4) is 11.5 Å². The number of rotatable bonds is 7. The van der Waals surface area contributed by atoms with Crippen LogP contribution in [-0.2, 0) is 16.6 Å². The highest BCUT2D eigenvalue weighted by atomic mass is 16.5. The molecule has 1 saturated carbocycles. The van der Waals surface area contributed by atoms with Crippen molar-refractivity contribution in [2.24, 2.45) is 0 Å². The number of nitrogens with one attached hydrogen (secondary N) is 2. The number of hydrogen-bond donors (Lipinski definition) is 2. The Kier molecular flexibility index (Phi) is 6.02. The van der Waals surface area contributed by atoms with Crippen LogP contribution in [0.3, 0.4) is 0 Å². The fourth-order valence-corrected chi connectivity index (χ4v) is 3.98. The van der Waals surface area contributed by atoms with Gasteiger partial charge in [-0.1, -0.05) is 18.9 Å². The zero-order valence-electron chi connectivity index (χ0n) is 16.6. The molecule has 1 aromatic carbocycles. The molecule has 0 atom stereocenters. The Morgan fingerprint density at radius 1 is 1.18 bits per heavy atom. The van der Waals surface area contributed by atoms with E-state index in [1.807, 2.05) is 18.2 Å². The zero-order valence-corrected chi connectivity index (χ0v) is 16.6. The lowest BCUT2D eigenvalue weighted by molar-refractivity contribution is -0.126. The van der Waals surface area contributed by atoms with E-state index in [4.69, 9.17) is 9.47 Å². The standard InChI is InChI=1S/C21H27N3O4/c1-14-12-19(25)24-18(23-14)8-11-22-20(26)21(9-4-5-10-21)15-6-7-16(27-2)17(13-15)28-3/h6-7,12-13H,4-5,8-11H2,1-3H3,(H,22,26)(H,23,24,25). The average molecular weight is 385 g/mol. The monoisotopic (exact) mass is 385 g/mol. The van der Waals surface area contributed by atoms with Crippen LogP contribution in [0.4, 0.5) is 0 Å². The van der Waals surface area contributed by atoms with Crippen LogP contribution in [0.15, 0.2) is 29.1 Å². The number of carbonyl (C=O) groups excluding carboxylic acids is 1. The van der Waals surface area contributed by atoms with Crippen molar-refractivity contribution in [3.63, 3.8) is 0 Å². The van der Waals surface area contributed by atoms with Gasteiger partial charge in [0.05, 0.1) is 19.6 Å². The largest absolute Gasteiger partial charge is 0.493 e. The molecule has 7 heteroatoms. The third-order valence-electron chi connectivity index (χ3n) is 5.39. The van der Waals surface area contributed by atoms with Gasteiger partial charge in [-0.05, 0) is 37.5 Å². The third-order valence-corrected chi connectivity index (χ3v) is 5.39. The molecule has 0 bridgehead atoms. The van der Waals surface area contributed by atoms with E-state index in [1.54, 1.807) is 21.1 Å². The van der Waals surface area contributed by atoms with E-state index in [9.17, 15) is 9.59 Å². The van der Waals surface area contributed by atoms with Crippen molar-refractivity contribution >= 4 is 5.91 Å². The summed E-state index contributed by atoms with van der Waals surface area (Å²) in [6, 6.07) is 7.16. The molecule has 0 unspecified atom stereocenters. The van der Waals surface area contributed by atoms with Gasteiger partial charge >= 0.3 is 0 Å². The first-order valence-electron chi connectivity index (χ1n) is 9.56. The number of H-pyrrole nitrogens is 1. The molecule has 1 aliphatic carbocycles. The number of ether oxygens (including phenoxy) is 2. The van der Waals surface area contributed by atoms with E-state index < -0.39 is 5.41 Å². The first-order valence-corrected chi connectivity index (χ1v) is 9.56. The van der Waals surface area contributed by atoms with Crippen LogP contribution >= 0.6 is 0 Å². The summed E-state index contributed by atoms with van der Waals surface area (Å²) in [5.41, 5.74) is 0.879. The zero-order chi connectivity index (χ0) is 20.1. The van der Waals surface area contributed by atoms with Crippen molar-refractivity contribution in [3.05, 3.63) is 51.7 Å². The Hall–Kier alpha value is -2.83. The molecule has 0 radical (unpaired) electrons. The highest BCUT2D eigenvalue weighted by molar-refractivity contribution is 5.88. The smallest absolute Gasteiger partial charge is 0.251 e. The summed E-state index contributed by atoms with van der Waals surface area (Å²) in [7, 11) is 3.19. The van der Waals surface area contributed by atoms with Crippen molar-refractivity contribution in [2.75, 3.05) is 20.8 Å². The summed E-state index contributed by atoms with van der Waals surface area (Å²) in [5.74, 6) is 1.86. The van der Waals surface area contributed by atoms with Crippen LogP contribution in [0.2, 0.25) is 0 Å². The quantitative estimate of drug-likeness (QED) is 0.763. The summed E-state index contributed by atoms with van der Waals surface area (Å²) in [6.45, 7) is 2.20. The molecule has 0 saturated heterocycles. The lowest BCUT2D eigenvalue weighted by Crippen LogP contribution is -2.43. The lowest BCUT2D eigenvalue weighted by Gasteiger charge is -2.29. The minimum absolute atomic E-state index is 0.00669. The molecule has 2 aromatic rings. The molecule has 1 aromatic heterocycles. The summed E-state index contributed by atoms with van der Waals surface area (Å²) in [6.07, 6.45) is 4.09. The SMILES string of the molecule is COc1ccc(C2(C(=O)NCCc3nc(C)cc(=O)[nH]3)CCCC2)cc1OC. The highest BCUT2D eigenvalue weighted by Crippen LogP contribution is 2.43. The Morgan fingerprint density at radius 2 is 1.89 bits per heavy atom. The maximum Gasteiger partial charge on any atom is 0.251 e. The molecule has 0 aliphatic heterocycles. The van der Waals surface area contributed by atoms with Gasteiger partial charge in [0.15, 0.2) is 11.5 Å². The van der Waals surface area contributed by atoms with E-state index in [0.29, 0.717) is 36.0 Å². The van der Waals surface area contributed by atoms with Crippen molar-refractivity contribution in [2.45, 2.75) is 44.4 Å². The van der Waals surface area contributed by atoms with Crippen molar-refractivity contribution in [1.29, 1.82) is 0 Å². The third kappa shape index (κ3) is 4.03. The van der Waals surface area contributed by atoms with Crippen LogP contribution in [0.1, 0.15) is 42.8 Å². The second-order valence-corrected chi connectivity index (χ2v) is 7.20. The van der Waals surface area contributed by atoms with Gasteiger partial charge in [-0.3, -0.25) is 9.59 Å². The molecule has 7 nitrogen and oxygen atoms in total. The van der Waals surface area contributed by atoms with Crippen LogP contribution in [0, 0.1) is 6.92 Å². The highest BCUT2D eigenvalue weighted by Gasteiger charge is 2.42. The Labute approximate surface area is 164 Å². The lowest BCUT2D eigenvalue weighted by atomic mass is 9.77. The number of aromatic amines is 1. The Bertz CT molecular complexity index is 901. The molecule has 0 spiro atoms. The van der Waals surface area contributed by atoms with E-state index in [1.165, 1.54) is 6.07 Å². The Morgan fingerprint density at radius 3 is 2.54 bits per heavy atom. The summed E-state index contributed by atoms with van der Waals surface area (Å²) in [4.78, 5) is 31.8. The molecule has 1 heterocycles. The van der Waals surface area contributed by atoms with Gasteiger partial charge in [0.1, 0.15) is 5.82 Å². The van der Waals surface area contributed by atoms with Gasteiger partial charge < -0.3 is 19.8 Å². The van der Waals surface area contributed by atoms with Gasteiger partial charge in [0.2, 0.25) is 5.91 Å². The normalized spacial score (nSPS) is 15.2. The average Bonchev–Trinajstić information content (AvgIpc) is 3.17. The molecule has 2 N–H and O–H groups in total. The first kappa shape index (κ1) is 19.9. The number of hydrogen-bond acceptors (Lipinski definition) is 5. The maximum atomic E-state index is 13.2. The number of nitrogens with zero attached hydrogens (tertiary/aromatic N) is 1. The predicted octanol–water partition coefficient (Wildman–Crippen LogP) is 2.27. The van der Waals surface area contributed by atoms with Gasteiger partial charge in [-0.25, -0.2) is 4.98 Å². The van der Waals surface area contributed by atoms with E-state index in [0.717, 1.165) is 31.2 Å². The summed E-state index contributed by atoms with van der Waals surface area (Å²) in [5, 5.41) is 3.04. The topological polar surface area (TPSA) is 93.3 Å². The first-order chi connectivity index (χ1) is 13.5. The van der Waals surface area contributed by atoms with Crippen LogP contribution in [-0.4, -0.2) is 36.6 Å². The molecule has 28 heavy (non-hydrogen) atoms. The molecule has 1 fully saturated rings. The molecule has 150 valence electrons. The molecule has 3 rings (SSSR count). The van der Waals surface area contributed by atoms with E-state index in [2.05, 4.69) is 15.3 Å².